The molecule has 1 aliphatic heterocycles. The predicted octanol–water partition coefficient (Wildman–Crippen LogP) is 5.42. The molecule has 4 heteroatoms. The van der Waals surface area contributed by atoms with Gasteiger partial charge in [-0.1, -0.05) is 66.2 Å². The predicted molar refractivity (Wildman–Crippen MR) is 134 cm³/mol. The van der Waals surface area contributed by atoms with E-state index >= 15 is 0 Å². The van der Waals surface area contributed by atoms with Crippen LogP contribution in [0.25, 0.3) is 11.3 Å². The summed E-state index contributed by atoms with van der Waals surface area (Å²) in [4.78, 5) is 7.42. The Morgan fingerprint density at radius 3 is 2.27 bits per heavy atom. The molecule has 4 nitrogen and oxygen atoms in total. The highest BCUT2D eigenvalue weighted by atomic mass is 15.3. The van der Waals surface area contributed by atoms with E-state index < -0.39 is 0 Å². The molecule has 0 radical (unpaired) electrons. The van der Waals surface area contributed by atoms with Crippen LogP contribution in [0, 0.1) is 6.92 Å². The largest absolute Gasteiger partial charge is 0.303 e. The number of rotatable bonds is 6. The molecule has 5 rings (SSSR count). The standard InChI is InChI=1S/C29H32N4/c1-23-11-13-25(14-12-23)26-22-28(31-32(26)2)29(27-10-6-7-18-30-27)16-20-33(21-17-29)19-15-24-8-4-3-5-9-24/h3-14,18,22H,15-17,19-21H2,1-2H3. The molecule has 0 aliphatic carbocycles. The van der Waals surface area contributed by atoms with E-state index in [0.717, 1.165) is 56.0 Å². The van der Waals surface area contributed by atoms with Gasteiger partial charge >= 0.3 is 0 Å². The minimum Gasteiger partial charge on any atom is -0.303 e. The Morgan fingerprint density at radius 2 is 1.58 bits per heavy atom. The average molecular weight is 437 g/mol. The zero-order valence-corrected chi connectivity index (χ0v) is 19.6. The molecule has 2 aromatic carbocycles. The van der Waals surface area contributed by atoms with Gasteiger partial charge in [-0.25, -0.2) is 0 Å². The number of pyridine rings is 1. The van der Waals surface area contributed by atoms with Crippen molar-refractivity contribution in [1.82, 2.24) is 19.7 Å². The SMILES string of the molecule is Cc1ccc(-c2cc(C3(c4ccccn4)CCN(CCc4ccccc4)CC3)nn2C)cc1. The maximum Gasteiger partial charge on any atom is 0.0753 e. The Hall–Kier alpha value is -3.24. The van der Waals surface area contributed by atoms with Crippen molar-refractivity contribution in [3.63, 3.8) is 0 Å². The number of hydrogen-bond acceptors (Lipinski definition) is 3. The molecule has 33 heavy (non-hydrogen) atoms. The zero-order valence-electron chi connectivity index (χ0n) is 19.6. The highest BCUT2D eigenvalue weighted by molar-refractivity contribution is 5.61. The number of hydrogen-bond donors (Lipinski definition) is 0. The van der Waals surface area contributed by atoms with Crippen molar-refractivity contribution in [2.75, 3.05) is 19.6 Å². The summed E-state index contributed by atoms with van der Waals surface area (Å²) >= 11 is 0. The van der Waals surface area contributed by atoms with Crippen molar-refractivity contribution in [3.05, 3.63) is 108 Å². The molecule has 1 saturated heterocycles. The second-order valence-electron chi connectivity index (χ2n) is 9.28. The number of nitrogens with zero attached hydrogens (tertiary/aromatic N) is 4. The summed E-state index contributed by atoms with van der Waals surface area (Å²) in [5.74, 6) is 0. The Bertz CT molecular complexity index is 1170. The van der Waals surface area contributed by atoms with Crippen LogP contribution in [0.1, 0.15) is 35.4 Å². The van der Waals surface area contributed by atoms with Crippen LogP contribution in [-0.2, 0) is 18.9 Å². The van der Waals surface area contributed by atoms with Crippen LogP contribution in [0.5, 0.6) is 0 Å². The summed E-state index contributed by atoms with van der Waals surface area (Å²) in [5.41, 5.74) is 7.18. The van der Waals surface area contributed by atoms with E-state index in [1.807, 2.05) is 16.9 Å². The quantitative estimate of drug-likeness (QED) is 0.405. The van der Waals surface area contributed by atoms with Crippen molar-refractivity contribution < 1.29 is 0 Å². The fourth-order valence-corrected chi connectivity index (χ4v) is 5.08. The van der Waals surface area contributed by atoms with E-state index in [2.05, 4.69) is 91.7 Å². The highest BCUT2D eigenvalue weighted by Gasteiger charge is 2.41. The molecular formula is C29H32N4. The number of aromatic nitrogens is 3. The Morgan fingerprint density at radius 1 is 0.848 bits per heavy atom. The maximum absolute atomic E-state index is 5.06. The van der Waals surface area contributed by atoms with Crippen LogP contribution in [0.15, 0.2) is 85.1 Å². The topological polar surface area (TPSA) is 34.0 Å². The number of likely N-dealkylation sites (tertiary alicyclic amines) is 1. The highest BCUT2D eigenvalue weighted by Crippen LogP contribution is 2.41. The molecule has 3 heterocycles. The van der Waals surface area contributed by atoms with Crippen LogP contribution in [0.4, 0.5) is 0 Å². The van der Waals surface area contributed by atoms with Crippen molar-refractivity contribution in [1.29, 1.82) is 0 Å². The van der Waals surface area contributed by atoms with Crippen LogP contribution in [0.2, 0.25) is 0 Å². The molecule has 1 aliphatic rings. The third kappa shape index (κ3) is 4.49. The summed E-state index contributed by atoms with van der Waals surface area (Å²) < 4.78 is 2.03. The van der Waals surface area contributed by atoms with Crippen LogP contribution >= 0.6 is 0 Å². The summed E-state index contributed by atoms with van der Waals surface area (Å²) in [6.45, 7) is 5.33. The smallest absolute Gasteiger partial charge is 0.0753 e. The van der Waals surface area contributed by atoms with Gasteiger partial charge in [0.1, 0.15) is 0 Å². The van der Waals surface area contributed by atoms with E-state index in [-0.39, 0.29) is 5.41 Å². The summed E-state index contributed by atoms with van der Waals surface area (Å²) in [7, 11) is 2.06. The molecule has 0 spiro atoms. The van der Waals surface area contributed by atoms with Gasteiger partial charge in [0.05, 0.1) is 22.5 Å². The number of aryl methyl sites for hydroxylation is 2. The van der Waals surface area contributed by atoms with E-state index in [4.69, 9.17) is 10.1 Å². The first-order valence-corrected chi connectivity index (χ1v) is 11.9. The molecular weight excluding hydrogens is 404 g/mol. The van der Waals surface area contributed by atoms with Gasteiger partial charge in [0.25, 0.3) is 0 Å². The lowest BCUT2D eigenvalue weighted by Crippen LogP contribution is -2.44. The molecule has 0 atom stereocenters. The van der Waals surface area contributed by atoms with Crippen LogP contribution < -0.4 is 0 Å². The Balaban J connectivity index is 1.41. The molecule has 2 aromatic heterocycles. The molecule has 0 saturated carbocycles. The maximum atomic E-state index is 5.06. The second-order valence-corrected chi connectivity index (χ2v) is 9.28. The molecule has 4 aromatic rings. The van der Waals surface area contributed by atoms with Crippen LogP contribution in [-0.4, -0.2) is 39.3 Å². The average Bonchev–Trinajstić information content (AvgIpc) is 3.27. The molecule has 1 fully saturated rings. The molecule has 0 bridgehead atoms. The van der Waals surface area contributed by atoms with Crippen molar-refractivity contribution in [2.45, 2.75) is 31.6 Å². The fraction of sp³-hybridized carbons (Fsp3) is 0.310. The lowest BCUT2D eigenvalue weighted by molar-refractivity contribution is 0.176. The van der Waals surface area contributed by atoms with Gasteiger partial charge < -0.3 is 4.90 Å². The monoisotopic (exact) mass is 436 g/mol. The lowest BCUT2D eigenvalue weighted by Gasteiger charge is -2.40. The number of benzene rings is 2. The summed E-state index contributed by atoms with van der Waals surface area (Å²) in [5, 5.41) is 5.06. The fourth-order valence-electron chi connectivity index (χ4n) is 5.08. The third-order valence-electron chi connectivity index (χ3n) is 7.14. The van der Waals surface area contributed by atoms with Gasteiger partial charge in [-0.3, -0.25) is 9.67 Å². The van der Waals surface area contributed by atoms with E-state index in [1.54, 1.807) is 0 Å². The Kier molecular flexibility index (Phi) is 6.10. The summed E-state index contributed by atoms with van der Waals surface area (Å²) in [6.07, 6.45) is 5.08. The first-order valence-electron chi connectivity index (χ1n) is 11.9. The van der Waals surface area contributed by atoms with Crippen molar-refractivity contribution in [2.24, 2.45) is 7.05 Å². The minimum atomic E-state index is -0.148. The van der Waals surface area contributed by atoms with E-state index in [0.29, 0.717) is 0 Å². The van der Waals surface area contributed by atoms with Gasteiger partial charge in [-0.15, -0.1) is 0 Å². The van der Waals surface area contributed by atoms with Gasteiger partial charge in [0, 0.05) is 19.8 Å². The van der Waals surface area contributed by atoms with Gasteiger partial charge in [0.15, 0.2) is 0 Å². The zero-order chi connectivity index (χ0) is 22.7. The van der Waals surface area contributed by atoms with Crippen molar-refractivity contribution in [3.8, 4) is 11.3 Å². The van der Waals surface area contributed by atoms with Crippen LogP contribution in [0.3, 0.4) is 0 Å². The normalized spacial score (nSPS) is 16.1. The van der Waals surface area contributed by atoms with Gasteiger partial charge in [-0.05, 0) is 68.6 Å². The Labute approximate surface area is 196 Å². The van der Waals surface area contributed by atoms with Gasteiger partial charge in [-0.2, -0.15) is 5.10 Å². The third-order valence-corrected chi connectivity index (χ3v) is 7.14. The number of piperidine rings is 1. The van der Waals surface area contributed by atoms with E-state index in [9.17, 15) is 0 Å². The molecule has 168 valence electrons. The van der Waals surface area contributed by atoms with E-state index in [1.165, 1.54) is 16.7 Å². The summed E-state index contributed by atoms with van der Waals surface area (Å²) in [6, 6.07) is 28.1. The molecule has 0 N–H and O–H groups in total. The molecule has 0 amide bonds. The first-order chi connectivity index (χ1) is 16.1. The molecule has 0 unspecified atom stereocenters. The lowest BCUT2D eigenvalue weighted by atomic mass is 9.72. The second kappa shape index (κ2) is 9.32. The minimum absolute atomic E-state index is 0.148. The first kappa shape index (κ1) is 21.6. The van der Waals surface area contributed by atoms with Crippen molar-refractivity contribution >= 4 is 0 Å². The van der Waals surface area contributed by atoms with Gasteiger partial charge in [0.2, 0.25) is 0 Å².